The van der Waals surface area contributed by atoms with Crippen molar-refractivity contribution < 1.29 is 14.4 Å². The molecule has 1 fully saturated rings. The molecule has 0 N–H and O–H groups in total. The van der Waals surface area contributed by atoms with Crippen molar-refractivity contribution in [3.05, 3.63) is 35.9 Å². The third-order valence-electron chi connectivity index (χ3n) is 4.12. The van der Waals surface area contributed by atoms with Gasteiger partial charge in [-0.25, -0.2) is 0 Å². The van der Waals surface area contributed by atoms with Crippen molar-refractivity contribution in [2.75, 3.05) is 13.2 Å². The molecule has 0 radical (unpaired) electrons. The largest absolute Gasteiger partial charge is 0.381 e. The number of benzene rings is 1. The number of carbonyl (C=O) groups is 1. The lowest BCUT2D eigenvalue weighted by Crippen LogP contribution is -2.44. The molecule has 0 aromatic heterocycles. The number of hydroxylamine groups is 2. The molecule has 0 amide bonds. The summed E-state index contributed by atoms with van der Waals surface area (Å²) in [6, 6.07) is 10.2. The van der Waals surface area contributed by atoms with Crippen LogP contribution in [0.2, 0.25) is 0 Å². The molecule has 1 aromatic carbocycles. The molecule has 0 aliphatic carbocycles. The van der Waals surface area contributed by atoms with E-state index < -0.39 is 0 Å². The summed E-state index contributed by atoms with van der Waals surface area (Å²) in [4.78, 5) is 17.3. The Morgan fingerprint density at radius 1 is 1.38 bits per heavy atom. The number of hydrogen-bond acceptors (Lipinski definition) is 4. The molecule has 0 bridgehead atoms. The van der Waals surface area contributed by atoms with Crippen molar-refractivity contribution in [3.8, 4) is 0 Å². The molecule has 1 aliphatic heterocycles. The van der Waals surface area contributed by atoms with Crippen molar-refractivity contribution in [2.45, 2.75) is 46.2 Å². The Bertz CT molecular complexity index is 472. The predicted octanol–water partition coefficient (Wildman–Crippen LogP) is 3.34. The lowest BCUT2D eigenvalue weighted by molar-refractivity contribution is -0.196. The highest BCUT2D eigenvalue weighted by Gasteiger charge is 2.45. The highest BCUT2D eigenvalue weighted by molar-refractivity contribution is 5.71. The smallest absolute Gasteiger partial charge is 0.326 e. The number of carbonyl (C=O) groups excluding carboxylic acids is 1. The molecule has 0 spiro atoms. The highest BCUT2D eigenvalue weighted by atomic mass is 16.7. The van der Waals surface area contributed by atoms with Gasteiger partial charge in [-0.05, 0) is 19.4 Å². The van der Waals surface area contributed by atoms with Gasteiger partial charge in [0.2, 0.25) is 0 Å². The summed E-state index contributed by atoms with van der Waals surface area (Å²) < 4.78 is 5.59. The van der Waals surface area contributed by atoms with Gasteiger partial charge in [0.1, 0.15) is 0 Å². The van der Waals surface area contributed by atoms with Crippen molar-refractivity contribution in [3.63, 3.8) is 0 Å². The van der Waals surface area contributed by atoms with E-state index in [-0.39, 0.29) is 23.5 Å². The van der Waals surface area contributed by atoms with Crippen molar-refractivity contribution in [2.24, 2.45) is 5.41 Å². The second kappa shape index (κ2) is 6.58. The van der Waals surface area contributed by atoms with Crippen LogP contribution in [-0.4, -0.2) is 30.3 Å². The summed E-state index contributed by atoms with van der Waals surface area (Å²) in [5, 5.41) is 1.84. The summed E-state index contributed by atoms with van der Waals surface area (Å²) in [7, 11) is 0. The van der Waals surface area contributed by atoms with Crippen LogP contribution >= 0.6 is 0 Å². The first-order valence-corrected chi connectivity index (χ1v) is 7.57. The molecule has 4 nitrogen and oxygen atoms in total. The lowest BCUT2D eigenvalue weighted by atomic mass is 9.83. The first-order chi connectivity index (χ1) is 9.95. The molecular weight excluding hydrogens is 266 g/mol. The molecule has 1 heterocycles. The van der Waals surface area contributed by atoms with Crippen molar-refractivity contribution in [1.29, 1.82) is 0 Å². The minimum Gasteiger partial charge on any atom is -0.381 e. The van der Waals surface area contributed by atoms with Gasteiger partial charge >= 0.3 is 5.97 Å². The fraction of sp³-hybridized carbons (Fsp3) is 0.588. The van der Waals surface area contributed by atoms with Crippen molar-refractivity contribution >= 4 is 5.97 Å². The van der Waals surface area contributed by atoms with Gasteiger partial charge in [-0.3, -0.25) is 4.79 Å². The van der Waals surface area contributed by atoms with Gasteiger partial charge in [-0.15, -0.1) is 5.06 Å². The average Bonchev–Trinajstić information content (AvgIpc) is 2.88. The first-order valence-electron chi connectivity index (χ1n) is 7.57. The van der Waals surface area contributed by atoms with Crippen LogP contribution in [0.1, 0.15) is 45.7 Å². The Morgan fingerprint density at radius 3 is 2.67 bits per heavy atom. The van der Waals surface area contributed by atoms with Crippen molar-refractivity contribution in [1.82, 2.24) is 5.06 Å². The second-order valence-electron chi connectivity index (χ2n) is 6.26. The molecule has 1 aromatic rings. The molecule has 2 rings (SSSR count). The summed E-state index contributed by atoms with van der Waals surface area (Å²) in [5.74, 6) is -0.160. The van der Waals surface area contributed by atoms with Crippen LogP contribution in [0.15, 0.2) is 30.3 Å². The van der Waals surface area contributed by atoms with E-state index in [0.29, 0.717) is 19.6 Å². The zero-order chi connectivity index (χ0) is 15.5. The fourth-order valence-electron chi connectivity index (χ4n) is 2.78. The summed E-state index contributed by atoms with van der Waals surface area (Å²) >= 11 is 0. The third kappa shape index (κ3) is 3.63. The Labute approximate surface area is 127 Å². The maximum atomic E-state index is 11.8. The quantitative estimate of drug-likeness (QED) is 0.806. The van der Waals surface area contributed by atoms with Gasteiger partial charge in [-0.2, -0.15) is 0 Å². The zero-order valence-electron chi connectivity index (χ0n) is 13.3. The normalized spacial score (nSPS) is 21.3. The summed E-state index contributed by atoms with van der Waals surface area (Å²) in [6.07, 6.45) is 0.414. The summed E-state index contributed by atoms with van der Waals surface area (Å²) in [6.45, 7) is 9.59. The molecule has 4 heteroatoms. The minimum absolute atomic E-state index is 0.0201. The van der Waals surface area contributed by atoms with Gasteiger partial charge in [0.05, 0.1) is 25.1 Å². The minimum atomic E-state index is -0.160. The van der Waals surface area contributed by atoms with Gasteiger partial charge in [-0.1, -0.05) is 44.2 Å². The lowest BCUT2D eigenvalue weighted by Gasteiger charge is -2.37. The number of nitrogens with zero attached hydrogens (tertiary/aromatic N) is 1. The Hall–Kier alpha value is -1.39. The Balaban J connectivity index is 2.18. The van der Waals surface area contributed by atoms with Gasteiger partial charge in [0.15, 0.2) is 0 Å². The van der Waals surface area contributed by atoms with Gasteiger partial charge < -0.3 is 9.57 Å². The number of rotatable bonds is 6. The van der Waals surface area contributed by atoms with E-state index in [1.54, 1.807) is 0 Å². The number of ether oxygens (including phenoxy) is 1. The van der Waals surface area contributed by atoms with E-state index in [9.17, 15) is 4.79 Å². The standard InChI is InChI=1S/C17H25NO3/c1-5-20-12-17(3,4)15-11-16(19)21-18(15)13(2)14-9-7-6-8-10-14/h6-10,13,15H,5,11-12H2,1-4H3/t13-,15-/m0/s1. The molecule has 0 saturated carbocycles. The second-order valence-corrected chi connectivity index (χ2v) is 6.26. The topological polar surface area (TPSA) is 38.8 Å². The van der Waals surface area contributed by atoms with Crippen LogP contribution in [0.4, 0.5) is 0 Å². The Morgan fingerprint density at radius 2 is 2.05 bits per heavy atom. The zero-order valence-corrected chi connectivity index (χ0v) is 13.3. The van der Waals surface area contributed by atoms with Crippen LogP contribution in [0.3, 0.4) is 0 Å². The van der Waals surface area contributed by atoms with Crippen LogP contribution < -0.4 is 0 Å². The van der Waals surface area contributed by atoms with Crippen LogP contribution in [0, 0.1) is 5.41 Å². The van der Waals surface area contributed by atoms with Crippen LogP contribution in [0.25, 0.3) is 0 Å². The van der Waals surface area contributed by atoms with E-state index >= 15 is 0 Å². The van der Waals surface area contributed by atoms with E-state index in [1.165, 1.54) is 0 Å². The summed E-state index contributed by atoms with van der Waals surface area (Å²) in [5.41, 5.74) is 0.995. The molecule has 1 saturated heterocycles. The SMILES string of the molecule is CCOCC(C)(C)[C@@H]1CC(=O)ON1[C@@H](C)c1ccccc1. The Kier molecular flexibility index (Phi) is 5.01. The average molecular weight is 291 g/mol. The van der Waals surface area contributed by atoms with E-state index in [2.05, 4.69) is 32.9 Å². The van der Waals surface area contributed by atoms with Gasteiger partial charge in [0, 0.05) is 12.0 Å². The molecule has 21 heavy (non-hydrogen) atoms. The first kappa shape index (κ1) is 16.0. The van der Waals surface area contributed by atoms with Gasteiger partial charge in [0.25, 0.3) is 0 Å². The molecule has 0 unspecified atom stereocenters. The molecule has 1 aliphatic rings. The molecular formula is C17H25NO3. The molecule has 116 valence electrons. The monoisotopic (exact) mass is 291 g/mol. The number of hydrogen-bond donors (Lipinski definition) is 0. The maximum Gasteiger partial charge on any atom is 0.326 e. The van der Waals surface area contributed by atoms with E-state index in [1.807, 2.05) is 30.2 Å². The maximum absolute atomic E-state index is 11.8. The van der Waals surface area contributed by atoms with E-state index in [4.69, 9.17) is 9.57 Å². The van der Waals surface area contributed by atoms with Crippen LogP contribution in [-0.2, 0) is 14.4 Å². The molecule has 2 atom stereocenters. The highest BCUT2D eigenvalue weighted by Crippen LogP contribution is 2.38. The predicted molar refractivity (Wildman–Crippen MR) is 81.5 cm³/mol. The van der Waals surface area contributed by atoms with Crippen LogP contribution in [0.5, 0.6) is 0 Å². The van der Waals surface area contributed by atoms with E-state index in [0.717, 1.165) is 5.56 Å². The third-order valence-corrected chi connectivity index (χ3v) is 4.12. The fourth-order valence-corrected chi connectivity index (χ4v) is 2.78.